The molecular formula is C24H20ClF2N3O3S. The molecule has 0 aliphatic rings. The van der Waals surface area contributed by atoms with E-state index in [0.717, 1.165) is 12.1 Å². The van der Waals surface area contributed by atoms with Gasteiger partial charge in [0.15, 0.2) is 0 Å². The molecule has 0 unspecified atom stereocenters. The van der Waals surface area contributed by atoms with Crippen LogP contribution in [-0.4, -0.2) is 25.1 Å². The van der Waals surface area contributed by atoms with E-state index in [2.05, 4.69) is 5.32 Å². The molecule has 0 spiro atoms. The number of halogens is 3. The van der Waals surface area contributed by atoms with E-state index in [1.807, 2.05) is 6.07 Å². The van der Waals surface area contributed by atoms with Crippen molar-refractivity contribution in [1.82, 2.24) is 5.32 Å². The fourth-order valence-electron chi connectivity index (χ4n) is 3.10. The Hall–Kier alpha value is -3.61. The second-order valence-electron chi connectivity index (χ2n) is 7.05. The van der Waals surface area contributed by atoms with Gasteiger partial charge < -0.3 is 15.0 Å². The number of nitriles is 1. The molecule has 34 heavy (non-hydrogen) atoms. The molecule has 0 heterocycles. The SMILES string of the molecule is CN(C(=O)[C@H](Cc1cc(F)cc(F)c1)NC(=O)Oc1ccccc1)c1ccc(Cl)c(C#N)c1.S. The number of benzene rings is 3. The summed E-state index contributed by atoms with van der Waals surface area (Å²) in [7, 11) is 1.44. The maximum absolute atomic E-state index is 13.7. The number of carbonyl (C=O) groups is 2. The lowest BCUT2D eigenvalue weighted by atomic mass is 10.0. The molecule has 0 aliphatic heterocycles. The third-order valence-corrected chi connectivity index (χ3v) is 5.02. The van der Waals surface area contributed by atoms with Crippen molar-refractivity contribution < 1.29 is 23.1 Å². The Morgan fingerprint density at radius 3 is 2.35 bits per heavy atom. The van der Waals surface area contributed by atoms with Gasteiger partial charge in [0, 0.05) is 25.2 Å². The van der Waals surface area contributed by atoms with Crippen molar-refractivity contribution in [2.75, 3.05) is 11.9 Å². The largest absolute Gasteiger partial charge is 0.413 e. The van der Waals surface area contributed by atoms with Gasteiger partial charge in [0.05, 0.1) is 10.6 Å². The van der Waals surface area contributed by atoms with E-state index in [0.29, 0.717) is 11.8 Å². The summed E-state index contributed by atoms with van der Waals surface area (Å²) in [6, 6.07) is 16.2. The molecule has 10 heteroatoms. The van der Waals surface area contributed by atoms with Gasteiger partial charge in [-0.3, -0.25) is 4.79 Å². The molecule has 3 aromatic rings. The number of hydrogen-bond acceptors (Lipinski definition) is 4. The molecule has 1 atom stereocenters. The van der Waals surface area contributed by atoms with Crippen LogP contribution in [0.3, 0.4) is 0 Å². The van der Waals surface area contributed by atoms with E-state index in [-0.39, 0.29) is 41.8 Å². The Kier molecular flexibility index (Phi) is 9.42. The first-order valence-corrected chi connectivity index (χ1v) is 10.1. The summed E-state index contributed by atoms with van der Waals surface area (Å²) in [5.74, 6) is -1.97. The van der Waals surface area contributed by atoms with Crippen molar-refractivity contribution in [2.24, 2.45) is 0 Å². The van der Waals surface area contributed by atoms with Crippen molar-refractivity contribution in [3.05, 3.63) is 94.5 Å². The molecule has 1 N–H and O–H groups in total. The highest BCUT2D eigenvalue weighted by Crippen LogP contribution is 2.23. The minimum absolute atomic E-state index is 0. The molecule has 6 nitrogen and oxygen atoms in total. The molecule has 0 bridgehead atoms. The van der Waals surface area contributed by atoms with Gasteiger partial charge >= 0.3 is 6.09 Å². The Balaban J connectivity index is 0.00000408. The van der Waals surface area contributed by atoms with Crippen LogP contribution >= 0.6 is 25.1 Å². The number of para-hydroxylation sites is 1. The molecule has 0 fully saturated rings. The first kappa shape index (κ1) is 26.6. The van der Waals surface area contributed by atoms with Crippen LogP contribution < -0.4 is 15.0 Å². The maximum Gasteiger partial charge on any atom is 0.413 e. The van der Waals surface area contributed by atoms with Gasteiger partial charge in [-0.1, -0.05) is 29.8 Å². The van der Waals surface area contributed by atoms with Crippen LogP contribution in [-0.2, 0) is 11.2 Å². The molecule has 176 valence electrons. The molecular weight excluding hydrogens is 484 g/mol. The van der Waals surface area contributed by atoms with Crippen molar-refractivity contribution >= 4 is 42.8 Å². The third-order valence-electron chi connectivity index (χ3n) is 4.69. The highest BCUT2D eigenvalue weighted by atomic mass is 35.5. The maximum atomic E-state index is 13.7. The average Bonchev–Trinajstić information content (AvgIpc) is 2.78. The second kappa shape index (κ2) is 12.0. The van der Waals surface area contributed by atoms with Crippen molar-refractivity contribution in [2.45, 2.75) is 12.5 Å². The number of anilines is 1. The smallest absolute Gasteiger partial charge is 0.410 e. The zero-order valence-corrected chi connectivity index (χ0v) is 19.6. The number of amides is 2. The summed E-state index contributed by atoms with van der Waals surface area (Å²) in [5, 5.41) is 11.9. The Bertz CT molecular complexity index is 1200. The Morgan fingerprint density at radius 2 is 1.74 bits per heavy atom. The lowest BCUT2D eigenvalue weighted by Gasteiger charge is -2.25. The number of ether oxygens (including phenoxy) is 1. The minimum Gasteiger partial charge on any atom is -0.410 e. The number of likely N-dealkylation sites (N-methyl/N-ethyl adjacent to an activating group) is 1. The summed E-state index contributed by atoms with van der Waals surface area (Å²) in [4.78, 5) is 26.9. The average molecular weight is 504 g/mol. The Labute approximate surface area is 207 Å². The summed E-state index contributed by atoms with van der Waals surface area (Å²) in [5.41, 5.74) is 0.664. The predicted octanol–water partition coefficient (Wildman–Crippen LogP) is 4.97. The van der Waals surface area contributed by atoms with E-state index in [4.69, 9.17) is 16.3 Å². The van der Waals surface area contributed by atoms with Gasteiger partial charge in [-0.2, -0.15) is 18.8 Å². The van der Waals surface area contributed by atoms with E-state index in [1.54, 1.807) is 30.3 Å². The number of rotatable bonds is 6. The van der Waals surface area contributed by atoms with Gasteiger partial charge in [0.25, 0.3) is 0 Å². The highest BCUT2D eigenvalue weighted by Gasteiger charge is 2.27. The third kappa shape index (κ3) is 6.94. The van der Waals surface area contributed by atoms with Crippen molar-refractivity contribution in [1.29, 1.82) is 5.26 Å². The normalized spacial score (nSPS) is 10.9. The van der Waals surface area contributed by atoms with E-state index in [9.17, 15) is 23.6 Å². The lowest BCUT2D eigenvalue weighted by molar-refractivity contribution is -0.120. The molecule has 0 aromatic heterocycles. The summed E-state index contributed by atoms with van der Waals surface area (Å²) in [6.45, 7) is 0. The molecule has 0 aliphatic carbocycles. The minimum atomic E-state index is -1.23. The van der Waals surface area contributed by atoms with Gasteiger partial charge in [-0.05, 0) is 48.0 Å². The zero-order valence-electron chi connectivity index (χ0n) is 17.9. The van der Waals surface area contributed by atoms with Gasteiger partial charge in [0.2, 0.25) is 5.91 Å². The van der Waals surface area contributed by atoms with Crippen LogP contribution in [0.4, 0.5) is 19.3 Å². The van der Waals surface area contributed by atoms with Crippen molar-refractivity contribution in [3.63, 3.8) is 0 Å². The van der Waals surface area contributed by atoms with Gasteiger partial charge in [-0.25, -0.2) is 13.6 Å². The van der Waals surface area contributed by atoms with Crippen LogP contribution in [0.5, 0.6) is 5.75 Å². The van der Waals surface area contributed by atoms with Gasteiger partial charge in [0.1, 0.15) is 29.5 Å². The number of nitrogens with zero attached hydrogens (tertiary/aromatic N) is 2. The first-order chi connectivity index (χ1) is 15.8. The summed E-state index contributed by atoms with van der Waals surface area (Å²) >= 11 is 5.96. The molecule has 0 saturated heterocycles. The summed E-state index contributed by atoms with van der Waals surface area (Å²) < 4.78 is 32.6. The summed E-state index contributed by atoms with van der Waals surface area (Å²) in [6.07, 6.45) is -1.13. The van der Waals surface area contributed by atoms with E-state index in [1.165, 1.54) is 30.1 Å². The Morgan fingerprint density at radius 1 is 1.09 bits per heavy atom. The van der Waals surface area contributed by atoms with Crippen molar-refractivity contribution in [3.8, 4) is 11.8 Å². The second-order valence-corrected chi connectivity index (χ2v) is 7.46. The molecule has 2 amide bonds. The predicted molar refractivity (Wildman–Crippen MR) is 129 cm³/mol. The highest BCUT2D eigenvalue weighted by molar-refractivity contribution is 7.59. The lowest BCUT2D eigenvalue weighted by Crippen LogP contribution is -2.49. The number of carbonyl (C=O) groups excluding carboxylic acids is 2. The zero-order chi connectivity index (χ0) is 24.0. The fraction of sp³-hybridized carbons (Fsp3) is 0.125. The van der Waals surface area contributed by atoms with Crippen LogP contribution in [0.15, 0.2) is 66.7 Å². The topological polar surface area (TPSA) is 82.4 Å². The monoisotopic (exact) mass is 503 g/mol. The van der Waals surface area contributed by atoms with E-state index < -0.39 is 29.7 Å². The molecule has 0 radical (unpaired) electrons. The number of hydrogen-bond donors (Lipinski definition) is 1. The van der Waals surface area contributed by atoms with E-state index >= 15 is 0 Å². The van der Waals surface area contributed by atoms with Crippen LogP contribution in [0.2, 0.25) is 5.02 Å². The quantitative estimate of drug-likeness (QED) is 0.515. The first-order valence-electron chi connectivity index (χ1n) is 9.72. The standard InChI is InChI=1S/C24H18ClF2N3O3.H2S/c1-30(19-7-8-21(25)16(12-19)14-28)23(31)22(11-15-9-17(26)13-18(27)10-15)29-24(32)33-20-5-3-2-4-6-20;/h2-10,12-13,22H,11H2,1H3,(H,29,32);1H2/t22-;/m0./s1. The fourth-order valence-corrected chi connectivity index (χ4v) is 3.26. The molecule has 0 saturated carbocycles. The van der Waals surface area contributed by atoms with Crippen LogP contribution in [0.25, 0.3) is 0 Å². The van der Waals surface area contributed by atoms with Crippen LogP contribution in [0.1, 0.15) is 11.1 Å². The van der Waals surface area contributed by atoms with Gasteiger partial charge in [-0.15, -0.1) is 0 Å². The number of nitrogens with one attached hydrogen (secondary N) is 1. The molecule has 3 rings (SSSR count). The molecule has 3 aromatic carbocycles. The van der Waals surface area contributed by atoms with Crippen LogP contribution in [0, 0.1) is 23.0 Å².